The van der Waals surface area contributed by atoms with Gasteiger partial charge in [-0.25, -0.2) is 0 Å². The third kappa shape index (κ3) is 3.17. The summed E-state index contributed by atoms with van der Waals surface area (Å²) < 4.78 is 8.15. The van der Waals surface area contributed by atoms with Crippen LogP contribution in [0, 0.1) is 0 Å². The van der Waals surface area contributed by atoms with Crippen LogP contribution in [0.1, 0.15) is 40.5 Å². The molecule has 1 atom stereocenters. The molecule has 0 N–H and O–H groups in total. The van der Waals surface area contributed by atoms with Crippen molar-refractivity contribution in [1.29, 1.82) is 0 Å². The summed E-state index contributed by atoms with van der Waals surface area (Å²) in [6.07, 6.45) is 4.56. The molecule has 108 valence electrons. The molecule has 0 bridgehead atoms. The lowest BCUT2D eigenvalue weighted by atomic mass is 9.82. The predicted molar refractivity (Wildman–Crippen MR) is 95.0 cm³/mol. The van der Waals surface area contributed by atoms with Crippen LogP contribution >= 0.6 is 22.6 Å². The fourth-order valence-electron chi connectivity index (χ4n) is 2.88. The Morgan fingerprint density at radius 3 is 2.65 bits per heavy atom. The summed E-state index contributed by atoms with van der Waals surface area (Å²) in [6.45, 7) is 13.7. The van der Waals surface area contributed by atoms with Crippen molar-refractivity contribution in [2.75, 3.05) is 6.61 Å². The maximum Gasteiger partial charge on any atom is 0.0836 e. The second kappa shape index (κ2) is 6.44. The van der Waals surface area contributed by atoms with Gasteiger partial charge in [0.25, 0.3) is 0 Å². The lowest BCUT2D eigenvalue weighted by Gasteiger charge is -2.26. The Hall–Kier alpha value is -0.610. The van der Waals surface area contributed by atoms with Crippen LogP contribution in [0.15, 0.2) is 55.7 Å². The topological polar surface area (TPSA) is 9.23 Å². The second-order valence-electron chi connectivity index (χ2n) is 5.87. The predicted octanol–water partition coefficient (Wildman–Crippen LogP) is 5.65. The first-order valence-corrected chi connectivity index (χ1v) is 8.32. The van der Waals surface area contributed by atoms with E-state index in [0.717, 1.165) is 19.4 Å². The minimum Gasteiger partial charge on any atom is -0.369 e. The van der Waals surface area contributed by atoms with Crippen molar-refractivity contribution in [3.8, 4) is 0 Å². The molecule has 1 aliphatic carbocycles. The second-order valence-corrected chi connectivity index (χ2v) is 6.49. The van der Waals surface area contributed by atoms with Crippen molar-refractivity contribution in [3.05, 3.63) is 55.7 Å². The molecule has 1 saturated heterocycles. The van der Waals surface area contributed by atoms with E-state index in [0.29, 0.717) is 0 Å². The highest BCUT2D eigenvalue weighted by atomic mass is 127. The van der Waals surface area contributed by atoms with Crippen LogP contribution in [0.5, 0.6) is 0 Å². The van der Waals surface area contributed by atoms with Gasteiger partial charge in [0, 0.05) is 6.42 Å². The zero-order chi connectivity index (χ0) is 14.9. The van der Waals surface area contributed by atoms with E-state index in [9.17, 15) is 0 Å². The zero-order valence-corrected chi connectivity index (χ0v) is 15.0. The molecule has 0 unspecified atom stereocenters. The number of ether oxygens (including phenoxy) is 1. The fourth-order valence-corrected chi connectivity index (χ4v) is 3.06. The Kier molecular flexibility index (Phi) is 5.08. The van der Waals surface area contributed by atoms with Crippen molar-refractivity contribution in [2.45, 2.75) is 46.6 Å². The van der Waals surface area contributed by atoms with Crippen LogP contribution in [-0.2, 0) is 4.74 Å². The number of rotatable bonds is 2. The van der Waals surface area contributed by atoms with Gasteiger partial charge in [0.1, 0.15) is 0 Å². The summed E-state index contributed by atoms with van der Waals surface area (Å²) in [4.78, 5) is 0. The van der Waals surface area contributed by atoms with E-state index in [4.69, 9.17) is 4.74 Å². The summed E-state index contributed by atoms with van der Waals surface area (Å²) in [5.41, 5.74) is 9.43. The fraction of sp³-hybridized carbons (Fsp3) is 0.444. The van der Waals surface area contributed by atoms with Gasteiger partial charge in [-0.2, -0.15) is 0 Å². The molecule has 2 rings (SSSR count). The first kappa shape index (κ1) is 15.8. The van der Waals surface area contributed by atoms with E-state index < -0.39 is 0 Å². The highest BCUT2D eigenvalue weighted by Gasteiger charge is 2.28. The van der Waals surface area contributed by atoms with Crippen LogP contribution in [0.4, 0.5) is 0 Å². The molecule has 0 saturated carbocycles. The smallest absolute Gasteiger partial charge is 0.0836 e. The average Bonchev–Trinajstić information content (AvgIpc) is 2.88. The third-order valence-corrected chi connectivity index (χ3v) is 5.38. The minimum absolute atomic E-state index is 0.239. The highest BCUT2D eigenvalue weighted by Crippen LogP contribution is 2.38. The number of allylic oxidation sites excluding steroid dienone is 6. The quantitative estimate of drug-likeness (QED) is 0.561. The summed E-state index contributed by atoms with van der Waals surface area (Å²) in [5.74, 6) is 0. The molecule has 0 aromatic carbocycles. The van der Waals surface area contributed by atoms with Crippen molar-refractivity contribution >= 4 is 22.6 Å². The SMILES string of the molecule is C=C1C(C)=C(C)CC([C@H]2C/C(=C/C(C)=C\I)CO2)=C1C. The lowest BCUT2D eigenvalue weighted by molar-refractivity contribution is 0.138. The van der Waals surface area contributed by atoms with Crippen LogP contribution in [0.25, 0.3) is 0 Å². The Morgan fingerprint density at radius 1 is 1.30 bits per heavy atom. The van der Waals surface area contributed by atoms with E-state index >= 15 is 0 Å². The van der Waals surface area contributed by atoms with Gasteiger partial charge < -0.3 is 4.74 Å². The summed E-state index contributed by atoms with van der Waals surface area (Å²) in [7, 11) is 0. The van der Waals surface area contributed by atoms with Crippen LogP contribution in [0.3, 0.4) is 0 Å². The van der Waals surface area contributed by atoms with Crippen molar-refractivity contribution in [1.82, 2.24) is 0 Å². The highest BCUT2D eigenvalue weighted by molar-refractivity contribution is 14.1. The molecule has 0 radical (unpaired) electrons. The van der Waals surface area contributed by atoms with Crippen LogP contribution in [0.2, 0.25) is 0 Å². The minimum atomic E-state index is 0.239. The lowest BCUT2D eigenvalue weighted by Crippen LogP contribution is -2.15. The van der Waals surface area contributed by atoms with E-state index in [1.165, 1.54) is 39.0 Å². The molecule has 1 heterocycles. The Bertz CT molecular complexity index is 558. The Labute approximate surface area is 136 Å². The third-order valence-electron chi connectivity index (χ3n) is 4.39. The monoisotopic (exact) mass is 382 g/mol. The Morgan fingerprint density at radius 2 is 2.00 bits per heavy atom. The molecule has 1 fully saturated rings. The van der Waals surface area contributed by atoms with Gasteiger partial charge >= 0.3 is 0 Å². The first-order valence-electron chi connectivity index (χ1n) is 7.07. The molecule has 0 amide bonds. The molecule has 1 nitrogen and oxygen atoms in total. The molecule has 20 heavy (non-hydrogen) atoms. The van der Waals surface area contributed by atoms with Crippen LogP contribution in [-0.4, -0.2) is 12.7 Å². The molecule has 0 spiro atoms. The average molecular weight is 382 g/mol. The standard InChI is InChI=1S/C18H23IO/c1-11(9-19)6-16-8-18(20-10-16)17-7-12(2)13(3)14(4)15(17)5/h6,9,18H,4,7-8,10H2,1-3,5H3/b11-9-,16-6-/t18-/m1/s1. The summed E-state index contributed by atoms with van der Waals surface area (Å²) in [5, 5.41) is 0. The van der Waals surface area contributed by atoms with Crippen molar-refractivity contribution in [2.24, 2.45) is 0 Å². The van der Waals surface area contributed by atoms with Crippen molar-refractivity contribution < 1.29 is 4.74 Å². The maximum atomic E-state index is 6.03. The summed E-state index contributed by atoms with van der Waals surface area (Å²) >= 11 is 2.28. The molecular weight excluding hydrogens is 359 g/mol. The van der Waals surface area contributed by atoms with E-state index in [-0.39, 0.29) is 6.10 Å². The molecule has 0 aromatic heterocycles. The Balaban J connectivity index is 2.19. The van der Waals surface area contributed by atoms with E-state index in [1.807, 2.05) is 0 Å². The van der Waals surface area contributed by atoms with Gasteiger partial charge in [-0.1, -0.05) is 40.8 Å². The molecular formula is C18H23IO. The van der Waals surface area contributed by atoms with Gasteiger partial charge in [-0.3, -0.25) is 0 Å². The van der Waals surface area contributed by atoms with Gasteiger partial charge in [-0.15, -0.1) is 0 Å². The largest absolute Gasteiger partial charge is 0.369 e. The van der Waals surface area contributed by atoms with E-state index in [1.54, 1.807) is 0 Å². The van der Waals surface area contributed by atoms with Crippen LogP contribution < -0.4 is 0 Å². The number of hydrogen-bond donors (Lipinski definition) is 0. The first-order chi connectivity index (χ1) is 9.43. The number of hydrogen-bond acceptors (Lipinski definition) is 1. The van der Waals surface area contributed by atoms with Gasteiger partial charge in [0.05, 0.1) is 12.7 Å². The molecule has 1 aliphatic heterocycles. The number of halogens is 1. The normalized spacial score (nSPS) is 27.1. The van der Waals surface area contributed by atoms with E-state index in [2.05, 4.69) is 67.0 Å². The molecule has 2 aliphatic rings. The van der Waals surface area contributed by atoms with Gasteiger partial charge in [0.2, 0.25) is 0 Å². The van der Waals surface area contributed by atoms with Gasteiger partial charge in [0.15, 0.2) is 0 Å². The summed E-state index contributed by atoms with van der Waals surface area (Å²) in [6, 6.07) is 0. The molecule has 2 heteroatoms. The zero-order valence-electron chi connectivity index (χ0n) is 12.8. The van der Waals surface area contributed by atoms with Crippen molar-refractivity contribution in [3.63, 3.8) is 0 Å². The molecule has 0 aromatic rings. The maximum absolute atomic E-state index is 6.03. The van der Waals surface area contributed by atoms with Gasteiger partial charge in [-0.05, 0) is 71.6 Å².